The number of carbonyl (C=O) groups is 1. The molecule has 2 saturated heterocycles. The van der Waals surface area contributed by atoms with Gasteiger partial charge in [-0.2, -0.15) is 0 Å². The van der Waals surface area contributed by atoms with Gasteiger partial charge >= 0.3 is 0 Å². The number of nitrogens with zero attached hydrogens (tertiary/aromatic N) is 2. The predicted octanol–water partition coefficient (Wildman–Crippen LogP) is 1.99. The van der Waals surface area contributed by atoms with Gasteiger partial charge in [0.2, 0.25) is 5.76 Å². The highest BCUT2D eigenvalue weighted by molar-refractivity contribution is 5.91. The molecular weight excluding hydrogens is 322 g/mol. The fourth-order valence-electron chi connectivity index (χ4n) is 3.83. The largest absolute Gasteiger partial charge is 0.465 e. The van der Waals surface area contributed by atoms with Crippen LogP contribution in [-0.4, -0.2) is 47.3 Å². The summed E-state index contributed by atoms with van der Waals surface area (Å²) in [6.45, 7) is 4.29. The van der Waals surface area contributed by atoms with E-state index in [1.54, 1.807) is 6.07 Å². The first-order chi connectivity index (χ1) is 12.2. The van der Waals surface area contributed by atoms with Crippen molar-refractivity contribution in [1.82, 2.24) is 15.4 Å². The first kappa shape index (κ1) is 16.4. The number of amides is 1. The summed E-state index contributed by atoms with van der Waals surface area (Å²) in [6.07, 6.45) is 4.48. The van der Waals surface area contributed by atoms with E-state index < -0.39 is 0 Å². The van der Waals surface area contributed by atoms with Crippen LogP contribution in [-0.2, 0) is 17.7 Å². The van der Waals surface area contributed by atoms with Crippen molar-refractivity contribution in [3.63, 3.8) is 0 Å². The smallest absolute Gasteiger partial charge is 0.290 e. The van der Waals surface area contributed by atoms with Crippen LogP contribution in [0.1, 0.15) is 41.8 Å². The van der Waals surface area contributed by atoms with Crippen molar-refractivity contribution < 1.29 is 18.5 Å². The Bertz CT molecular complexity index is 712. The lowest BCUT2D eigenvalue weighted by Crippen LogP contribution is -2.47. The first-order valence-corrected chi connectivity index (χ1v) is 8.89. The van der Waals surface area contributed by atoms with Gasteiger partial charge in [0.15, 0.2) is 0 Å². The number of aryl methyl sites for hydroxylation is 1. The van der Waals surface area contributed by atoms with Gasteiger partial charge in [0, 0.05) is 31.7 Å². The minimum absolute atomic E-state index is 0.00114. The molecule has 2 aromatic rings. The Balaban J connectivity index is 1.46. The topological polar surface area (TPSA) is 80.7 Å². The average molecular weight is 345 g/mol. The van der Waals surface area contributed by atoms with E-state index in [9.17, 15) is 4.79 Å². The number of rotatable bonds is 5. The molecular formula is C18H23N3O4. The van der Waals surface area contributed by atoms with Crippen LogP contribution in [0.5, 0.6) is 0 Å². The number of nitrogens with one attached hydrogen (secondary N) is 1. The zero-order valence-corrected chi connectivity index (χ0v) is 14.3. The molecule has 7 heteroatoms. The number of carbonyl (C=O) groups excluding carboxylic acids is 1. The number of furan rings is 1. The van der Waals surface area contributed by atoms with Gasteiger partial charge in [0.1, 0.15) is 11.5 Å². The van der Waals surface area contributed by atoms with Crippen LogP contribution in [0.15, 0.2) is 33.3 Å². The quantitative estimate of drug-likeness (QED) is 0.893. The van der Waals surface area contributed by atoms with Crippen molar-refractivity contribution in [3.05, 3.63) is 41.7 Å². The molecule has 0 saturated carbocycles. The summed E-state index contributed by atoms with van der Waals surface area (Å²) >= 11 is 0. The molecule has 2 aromatic heterocycles. The van der Waals surface area contributed by atoms with Crippen LogP contribution in [0.2, 0.25) is 0 Å². The van der Waals surface area contributed by atoms with Crippen LogP contribution in [0.3, 0.4) is 0 Å². The van der Waals surface area contributed by atoms with Gasteiger partial charge in [0.25, 0.3) is 5.91 Å². The number of ether oxygens (including phenoxy) is 1. The van der Waals surface area contributed by atoms with Crippen molar-refractivity contribution in [2.45, 2.75) is 50.9 Å². The molecule has 2 aliphatic rings. The molecule has 0 aromatic carbocycles. The molecule has 2 aliphatic heterocycles. The van der Waals surface area contributed by atoms with Crippen molar-refractivity contribution in [3.8, 4) is 0 Å². The van der Waals surface area contributed by atoms with Crippen LogP contribution in [0, 0.1) is 0 Å². The Hall–Kier alpha value is -2.12. The zero-order chi connectivity index (χ0) is 17.2. The standard InChI is InChI=1S/C18H23N3O4/c1-2-12-5-6-13(24-12)10-21-11-14(17-15(21)4-3-9-23-17)20-18(22)16-7-8-19-25-16/h5-8,14-15,17H,2-4,9-11H2,1H3,(H,20,22)/t14-,15-,17-/m1/s1. The molecule has 0 spiro atoms. The average Bonchev–Trinajstić information content (AvgIpc) is 3.37. The Kier molecular flexibility index (Phi) is 4.59. The fourth-order valence-corrected chi connectivity index (χ4v) is 3.83. The number of hydrogen-bond donors (Lipinski definition) is 1. The number of likely N-dealkylation sites (tertiary alicyclic amines) is 1. The van der Waals surface area contributed by atoms with E-state index in [0.29, 0.717) is 6.04 Å². The van der Waals surface area contributed by atoms with E-state index in [2.05, 4.69) is 22.3 Å². The number of aromatic nitrogens is 1. The van der Waals surface area contributed by atoms with Gasteiger partial charge in [-0.1, -0.05) is 12.1 Å². The summed E-state index contributed by atoms with van der Waals surface area (Å²) in [5.74, 6) is 1.94. The maximum Gasteiger partial charge on any atom is 0.290 e. The molecule has 0 unspecified atom stereocenters. The van der Waals surface area contributed by atoms with E-state index >= 15 is 0 Å². The van der Waals surface area contributed by atoms with E-state index in [0.717, 1.165) is 50.5 Å². The molecule has 0 aliphatic carbocycles. The Morgan fingerprint density at radius 1 is 1.36 bits per heavy atom. The predicted molar refractivity (Wildman–Crippen MR) is 89.0 cm³/mol. The van der Waals surface area contributed by atoms with Crippen molar-refractivity contribution in [2.24, 2.45) is 0 Å². The molecule has 4 heterocycles. The molecule has 0 bridgehead atoms. The molecule has 2 fully saturated rings. The van der Waals surface area contributed by atoms with Crippen molar-refractivity contribution in [2.75, 3.05) is 13.2 Å². The molecule has 25 heavy (non-hydrogen) atoms. The molecule has 1 amide bonds. The second-order valence-electron chi connectivity index (χ2n) is 6.65. The highest BCUT2D eigenvalue weighted by Crippen LogP contribution is 2.30. The third-order valence-corrected chi connectivity index (χ3v) is 5.03. The molecule has 3 atom stereocenters. The van der Waals surface area contributed by atoms with E-state index in [1.807, 2.05) is 12.1 Å². The maximum atomic E-state index is 12.3. The monoisotopic (exact) mass is 345 g/mol. The van der Waals surface area contributed by atoms with Crippen molar-refractivity contribution >= 4 is 5.91 Å². The summed E-state index contributed by atoms with van der Waals surface area (Å²) in [5.41, 5.74) is 0. The van der Waals surface area contributed by atoms with E-state index in [-0.39, 0.29) is 23.8 Å². The minimum atomic E-state index is -0.247. The van der Waals surface area contributed by atoms with Crippen LogP contribution in [0.25, 0.3) is 0 Å². The lowest BCUT2D eigenvalue weighted by molar-refractivity contribution is -0.0220. The maximum absolute atomic E-state index is 12.3. The van der Waals surface area contributed by atoms with Crippen LogP contribution in [0.4, 0.5) is 0 Å². The third-order valence-electron chi connectivity index (χ3n) is 5.03. The van der Waals surface area contributed by atoms with E-state index in [4.69, 9.17) is 13.7 Å². The lowest BCUT2D eigenvalue weighted by Gasteiger charge is -2.32. The molecule has 1 N–H and O–H groups in total. The van der Waals surface area contributed by atoms with Gasteiger partial charge in [-0.25, -0.2) is 0 Å². The molecule has 4 rings (SSSR count). The highest BCUT2D eigenvalue weighted by Gasteiger charge is 2.45. The van der Waals surface area contributed by atoms with Gasteiger partial charge in [-0.15, -0.1) is 0 Å². The first-order valence-electron chi connectivity index (χ1n) is 8.89. The van der Waals surface area contributed by atoms with Crippen LogP contribution < -0.4 is 5.32 Å². The summed E-state index contributed by atoms with van der Waals surface area (Å²) < 4.78 is 16.8. The normalized spacial score (nSPS) is 26.5. The van der Waals surface area contributed by atoms with Gasteiger partial charge in [-0.05, 0) is 25.0 Å². The summed E-state index contributed by atoms with van der Waals surface area (Å²) in [7, 11) is 0. The van der Waals surface area contributed by atoms with Gasteiger partial charge < -0.3 is 19.0 Å². The van der Waals surface area contributed by atoms with Crippen molar-refractivity contribution in [1.29, 1.82) is 0 Å². The zero-order valence-electron chi connectivity index (χ0n) is 14.3. The van der Waals surface area contributed by atoms with Gasteiger partial charge in [0.05, 0.1) is 24.9 Å². The number of fused-ring (bicyclic) bond motifs is 1. The third kappa shape index (κ3) is 3.34. The Morgan fingerprint density at radius 2 is 2.24 bits per heavy atom. The second-order valence-corrected chi connectivity index (χ2v) is 6.65. The SMILES string of the molecule is CCc1ccc(CN2C[C@@H](NC(=O)c3ccno3)[C@H]3OCCC[C@H]32)o1. The second kappa shape index (κ2) is 7.01. The minimum Gasteiger partial charge on any atom is -0.465 e. The Labute approximate surface area is 146 Å². The van der Waals surface area contributed by atoms with Crippen LogP contribution >= 0.6 is 0 Å². The lowest BCUT2D eigenvalue weighted by atomic mass is 10.0. The van der Waals surface area contributed by atoms with E-state index in [1.165, 1.54) is 6.20 Å². The highest BCUT2D eigenvalue weighted by atomic mass is 16.5. The molecule has 0 radical (unpaired) electrons. The Morgan fingerprint density at radius 3 is 3.00 bits per heavy atom. The number of hydrogen-bond acceptors (Lipinski definition) is 6. The molecule has 134 valence electrons. The van der Waals surface area contributed by atoms with Gasteiger partial charge in [-0.3, -0.25) is 9.69 Å². The summed E-state index contributed by atoms with van der Waals surface area (Å²) in [6, 6.07) is 5.87. The fraction of sp³-hybridized carbons (Fsp3) is 0.556. The summed E-state index contributed by atoms with van der Waals surface area (Å²) in [5, 5.41) is 6.63. The summed E-state index contributed by atoms with van der Waals surface area (Å²) in [4.78, 5) is 14.7. The molecule has 7 nitrogen and oxygen atoms in total.